The van der Waals surface area contributed by atoms with Crippen molar-refractivity contribution in [1.82, 2.24) is 0 Å². The van der Waals surface area contributed by atoms with E-state index in [-0.39, 0.29) is 11.1 Å². The van der Waals surface area contributed by atoms with E-state index in [1.165, 1.54) is 23.1 Å². The summed E-state index contributed by atoms with van der Waals surface area (Å²) in [5, 5.41) is 9.31. The molecule has 0 fully saturated rings. The summed E-state index contributed by atoms with van der Waals surface area (Å²) in [4.78, 5) is 13.4. The summed E-state index contributed by atoms with van der Waals surface area (Å²) in [6, 6.07) is 6.00. The number of sulfone groups is 1. The minimum atomic E-state index is -4.28. The van der Waals surface area contributed by atoms with Crippen LogP contribution in [0.2, 0.25) is 0 Å². The SMILES string of the molecule is CCCN1C(=O)OC(C#N)c2cc(CS(=O)(=O)Cc3c(F)c(F)c(C)c(F)c3F)ccc21. The molecule has 2 aromatic carbocycles. The van der Waals surface area contributed by atoms with Crippen LogP contribution in [0.25, 0.3) is 0 Å². The standard InChI is InChI=1S/C21H18F4N2O4S/c1-3-6-27-15-5-4-12(7-13(15)16(8-26)31-21(27)28)9-32(29,30)10-14-19(24)17(22)11(2)18(23)20(14)25/h4-5,7,16H,3,6,9-10H2,1-2H3. The van der Waals surface area contributed by atoms with E-state index < -0.39 is 67.9 Å². The number of ether oxygens (including phenoxy) is 1. The molecule has 0 radical (unpaired) electrons. The maximum Gasteiger partial charge on any atom is 0.415 e. The predicted molar refractivity (Wildman–Crippen MR) is 106 cm³/mol. The molecule has 1 aliphatic heterocycles. The Morgan fingerprint density at radius 1 is 1.09 bits per heavy atom. The molecule has 1 aliphatic rings. The molecular weight excluding hydrogens is 452 g/mol. The van der Waals surface area contributed by atoms with E-state index in [9.17, 15) is 36.0 Å². The number of halogens is 4. The Bertz CT molecular complexity index is 1210. The lowest BCUT2D eigenvalue weighted by Gasteiger charge is -2.31. The van der Waals surface area contributed by atoms with Gasteiger partial charge in [0.1, 0.15) is 6.07 Å². The third-order valence-electron chi connectivity index (χ3n) is 4.99. The number of fused-ring (bicyclic) bond motifs is 1. The first-order valence-corrected chi connectivity index (χ1v) is 11.3. The number of carbonyl (C=O) groups is 1. The summed E-state index contributed by atoms with van der Waals surface area (Å²) < 4.78 is 86.0. The number of nitrogens with zero attached hydrogens (tertiary/aromatic N) is 2. The molecule has 0 aliphatic carbocycles. The van der Waals surface area contributed by atoms with Gasteiger partial charge < -0.3 is 4.74 Å². The maximum atomic E-state index is 14.1. The summed E-state index contributed by atoms with van der Waals surface area (Å²) in [6.45, 7) is 2.98. The van der Waals surface area contributed by atoms with E-state index in [1.807, 2.05) is 13.0 Å². The van der Waals surface area contributed by atoms with Crippen molar-refractivity contribution in [2.45, 2.75) is 37.9 Å². The summed E-state index contributed by atoms with van der Waals surface area (Å²) in [5.41, 5.74) is -1.31. The van der Waals surface area contributed by atoms with Crippen molar-refractivity contribution in [3.8, 4) is 6.07 Å². The third kappa shape index (κ3) is 4.27. The molecule has 1 amide bonds. The zero-order valence-electron chi connectivity index (χ0n) is 17.1. The number of hydrogen-bond donors (Lipinski definition) is 0. The number of hydrogen-bond acceptors (Lipinski definition) is 5. The van der Waals surface area contributed by atoms with Gasteiger partial charge in [-0.3, -0.25) is 4.90 Å². The molecule has 0 aromatic heterocycles. The lowest BCUT2D eigenvalue weighted by atomic mass is 10.0. The van der Waals surface area contributed by atoms with E-state index in [4.69, 9.17) is 4.74 Å². The van der Waals surface area contributed by atoms with Gasteiger partial charge in [-0.1, -0.05) is 13.0 Å². The minimum absolute atomic E-state index is 0.146. The number of amides is 1. The van der Waals surface area contributed by atoms with Gasteiger partial charge in [0.25, 0.3) is 0 Å². The largest absolute Gasteiger partial charge is 0.425 e. The van der Waals surface area contributed by atoms with Crippen LogP contribution in [0.5, 0.6) is 0 Å². The minimum Gasteiger partial charge on any atom is -0.425 e. The highest BCUT2D eigenvalue weighted by atomic mass is 32.2. The van der Waals surface area contributed by atoms with Crippen molar-refractivity contribution in [3.63, 3.8) is 0 Å². The second kappa shape index (κ2) is 8.78. The third-order valence-corrected chi connectivity index (χ3v) is 6.50. The molecule has 2 aromatic rings. The van der Waals surface area contributed by atoms with E-state index in [1.54, 1.807) is 0 Å². The zero-order valence-corrected chi connectivity index (χ0v) is 17.9. The lowest BCUT2D eigenvalue weighted by molar-refractivity contribution is 0.124. The second-order valence-electron chi connectivity index (χ2n) is 7.33. The van der Waals surface area contributed by atoms with Gasteiger partial charge in [-0.2, -0.15) is 5.26 Å². The van der Waals surface area contributed by atoms with Crippen molar-refractivity contribution in [3.05, 3.63) is 63.7 Å². The van der Waals surface area contributed by atoms with Crippen LogP contribution < -0.4 is 4.90 Å². The second-order valence-corrected chi connectivity index (χ2v) is 9.39. The summed E-state index contributed by atoms with van der Waals surface area (Å²) in [5.74, 6) is -8.83. The topological polar surface area (TPSA) is 87.5 Å². The predicted octanol–water partition coefficient (Wildman–Crippen LogP) is 4.60. The average molecular weight is 470 g/mol. The van der Waals surface area contributed by atoms with Crippen LogP contribution >= 0.6 is 0 Å². The first kappa shape index (κ1) is 23.5. The Morgan fingerprint density at radius 3 is 2.28 bits per heavy atom. The number of benzene rings is 2. The molecular formula is C21H18F4N2O4S. The highest BCUT2D eigenvalue weighted by molar-refractivity contribution is 7.89. The first-order chi connectivity index (χ1) is 15.0. The van der Waals surface area contributed by atoms with Gasteiger partial charge in [-0.05, 0) is 31.0 Å². The number of nitriles is 1. The first-order valence-electron chi connectivity index (χ1n) is 9.53. The Kier molecular flexibility index (Phi) is 6.46. The summed E-state index contributed by atoms with van der Waals surface area (Å²) >= 11 is 0. The van der Waals surface area contributed by atoms with Crippen LogP contribution in [0.1, 0.15) is 41.7 Å². The fourth-order valence-electron chi connectivity index (χ4n) is 3.45. The van der Waals surface area contributed by atoms with Gasteiger partial charge in [-0.25, -0.2) is 30.8 Å². The van der Waals surface area contributed by atoms with Crippen molar-refractivity contribution >= 4 is 21.6 Å². The molecule has 0 spiro atoms. The van der Waals surface area contributed by atoms with Gasteiger partial charge in [0.15, 0.2) is 33.1 Å². The van der Waals surface area contributed by atoms with Gasteiger partial charge in [0.2, 0.25) is 6.10 Å². The normalized spacial score (nSPS) is 15.8. The maximum absolute atomic E-state index is 14.1. The lowest BCUT2D eigenvalue weighted by Crippen LogP contribution is -2.37. The van der Waals surface area contributed by atoms with Gasteiger partial charge in [0.05, 0.1) is 17.2 Å². The monoisotopic (exact) mass is 470 g/mol. The van der Waals surface area contributed by atoms with Gasteiger partial charge in [0, 0.05) is 23.2 Å². The van der Waals surface area contributed by atoms with Gasteiger partial charge in [-0.15, -0.1) is 0 Å². The fourth-order valence-corrected chi connectivity index (χ4v) is 4.93. The van der Waals surface area contributed by atoms with Crippen molar-refractivity contribution in [2.24, 2.45) is 0 Å². The number of rotatable bonds is 6. The van der Waals surface area contributed by atoms with E-state index in [0.717, 1.165) is 6.92 Å². The molecule has 32 heavy (non-hydrogen) atoms. The average Bonchev–Trinajstić information content (AvgIpc) is 2.75. The number of carbonyl (C=O) groups excluding carboxylic acids is 1. The van der Waals surface area contributed by atoms with Crippen LogP contribution in [0, 0.1) is 41.5 Å². The van der Waals surface area contributed by atoms with E-state index in [2.05, 4.69) is 0 Å². The van der Waals surface area contributed by atoms with E-state index in [0.29, 0.717) is 18.7 Å². The molecule has 1 atom stereocenters. The Labute approximate surface area is 181 Å². The quantitative estimate of drug-likeness (QED) is 0.455. The van der Waals surface area contributed by atoms with Crippen LogP contribution in [0.4, 0.5) is 28.0 Å². The molecule has 0 bridgehead atoms. The van der Waals surface area contributed by atoms with Crippen molar-refractivity contribution in [2.75, 3.05) is 11.4 Å². The van der Waals surface area contributed by atoms with Crippen molar-refractivity contribution < 1.29 is 35.5 Å². The molecule has 0 saturated carbocycles. The summed E-state index contributed by atoms with van der Waals surface area (Å²) in [6.07, 6.45) is -1.37. The van der Waals surface area contributed by atoms with E-state index >= 15 is 0 Å². The molecule has 170 valence electrons. The van der Waals surface area contributed by atoms with Crippen LogP contribution in [0.3, 0.4) is 0 Å². The number of cyclic esters (lactones) is 1. The van der Waals surface area contributed by atoms with Crippen molar-refractivity contribution in [1.29, 1.82) is 5.26 Å². The molecule has 11 heteroatoms. The Morgan fingerprint density at radius 2 is 1.72 bits per heavy atom. The molecule has 0 N–H and O–H groups in total. The highest BCUT2D eigenvalue weighted by Crippen LogP contribution is 2.36. The Hall–Kier alpha value is -3.13. The number of anilines is 1. The molecule has 6 nitrogen and oxygen atoms in total. The fraction of sp³-hybridized carbons (Fsp3) is 0.333. The molecule has 1 heterocycles. The van der Waals surface area contributed by atoms with Crippen LogP contribution in [0.15, 0.2) is 18.2 Å². The molecule has 3 rings (SSSR count). The zero-order chi connectivity index (χ0) is 23.8. The van der Waals surface area contributed by atoms with Gasteiger partial charge >= 0.3 is 6.09 Å². The van der Waals surface area contributed by atoms with Crippen LogP contribution in [-0.2, 0) is 26.1 Å². The smallest absolute Gasteiger partial charge is 0.415 e. The molecule has 1 unspecified atom stereocenters. The summed E-state index contributed by atoms with van der Waals surface area (Å²) in [7, 11) is -4.28. The van der Waals surface area contributed by atoms with Crippen LogP contribution in [-0.4, -0.2) is 21.1 Å². The molecule has 0 saturated heterocycles. The Balaban J connectivity index is 1.95. The highest BCUT2D eigenvalue weighted by Gasteiger charge is 2.33.